The number of hydrogen-bond acceptors (Lipinski definition) is 8. The lowest BCUT2D eigenvalue weighted by Crippen LogP contribution is -2.56. The number of carbonyl (C=O) groups excluding carboxylic acids is 2. The van der Waals surface area contributed by atoms with E-state index < -0.39 is 38.0 Å². The second-order valence-electron chi connectivity index (χ2n) is 16.9. The molecule has 3 unspecified atom stereocenters. The minimum Gasteiger partial charge on any atom is -0.308 e. The Morgan fingerprint density at radius 2 is 1.24 bits per heavy atom. The molecule has 2 bridgehead atoms. The van der Waals surface area contributed by atoms with E-state index in [1.54, 1.807) is 13.8 Å². The van der Waals surface area contributed by atoms with Gasteiger partial charge in [0.2, 0.25) is 0 Å². The molecular weight excluding hydrogens is 729 g/mol. The van der Waals surface area contributed by atoms with Gasteiger partial charge in [-0.25, -0.2) is 19.0 Å². The van der Waals surface area contributed by atoms with E-state index in [4.69, 9.17) is 0 Å². The molecule has 6 aliphatic rings. The number of benzene rings is 2. The van der Waals surface area contributed by atoms with Gasteiger partial charge in [-0.15, -0.1) is 0 Å². The van der Waals surface area contributed by atoms with Crippen LogP contribution in [0.1, 0.15) is 102 Å². The van der Waals surface area contributed by atoms with Gasteiger partial charge in [-0.3, -0.25) is 4.90 Å². The smallest absolute Gasteiger partial charge is 0.308 e. The van der Waals surface area contributed by atoms with Crippen LogP contribution >= 0.6 is 0 Å². The van der Waals surface area contributed by atoms with Gasteiger partial charge in [0.05, 0.1) is 6.04 Å². The van der Waals surface area contributed by atoms with Crippen LogP contribution in [0.15, 0.2) is 6.07 Å². The Kier molecular flexibility index (Phi) is 9.78. The lowest BCUT2D eigenvalue weighted by molar-refractivity contribution is 0.137. The third-order valence-electron chi connectivity index (χ3n) is 12.3. The zero-order chi connectivity index (χ0) is 38.2. The van der Waals surface area contributed by atoms with Crippen LogP contribution in [-0.4, -0.2) is 94.9 Å². The molecule has 0 spiro atoms. The van der Waals surface area contributed by atoms with E-state index in [0.717, 1.165) is 123 Å². The molecule has 3 atom stereocenters. The highest BCUT2D eigenvalue weighted by Gasteiger charge is 2.49. The largest absolute Gasteiger partial charge is 0.333 e. The molecule has 4 amide bonds. The van der Waals surface area contributed by atoms with Crippen molar-refractivity contribution in [3.8, 4) is 0 Å². The van der Waals surface area contributed by atoms with Gasteiger partial charge in [-0.1, -0.05) is 6.07 Å². The summed E-state index contributed by atoms with van der Waals surface area (Å²) in [5.74, 6) is 0. The summed E-state index contributed by atoms with van der Waals surface area (Å²) in [7, 11) is -4.64. The maximum atomic E-state index is 14.1. The summed E-state index contributed by atoms with van der Waals surface area (Å²) >= 11 is 0. The number of nitrogens with zero attached hydrogens (tertiary/aromatic N) is 3. The molecule has 14 nitrogen and oxygen atoms in total. The zero-order valence-electron chi connectivity index (χ0n) is 31.9. The Hall–Kier alpha value is -3.28. The fraction of sp³-hybridized carbons (Fsp3) is 0.632. The van der Waals surface area contributed by atoms with Crippen molar-refractivity contribution in [2.45, 2.75) is 115 Å². The van der Waals surface area contributed by atoms with Crippen molar-refractivity contribution in [1.82, 2.24) is 28.3 Å². The van der Waals surface area contributed by atoms with E-state index in [0.29, 0.717) is 25.2 Å². The highest BCUT2D eigenvalue weighted by molar-refractivity contribution is 7.88. The fourth-order valence-electron chi connectivity index (χ4n) is 10.7. The predicted molar refractivity (Wildman–Crippen MR) is 208 cm³/mol. The van der Waals surface area contributed by atoms with Crippen LogP contribution < -0.4 is 24.8 Å². The number of anilines is 2. The maximum absolute atomic E-state index is 14.1. The lowest BCUT2D eigenvalue weighted by Gasteiger charge is -2.42. The molecule has 0 radical (unpaired) electrons. The number of amides is 4. The second-order valence-corrected chi connectivity index (χ2v) is 20.0. The normalized spacial score (nSPS) is 23.2. The van der Waals surface area contributed by atoms with Crippen molar-refractivity contribution >= 4 is 43.9 Å². The number of aryl methyl sites for hydroxylation is 2. The van der Waals surface area contributed by atoms with Crippen LogP contribution in [0, 0.1) is 0 Å². The first-order valence-electron chi connectivity index (χ1n) is 19.6. The van der Waals surface area contributed by atoms with E-state index in [9.17, 15) is 26.4 Å². The number of urea groups is 2. The molecule has 0 aromatic heterocycles. The fourth-order valence-corrected chi connectivity index (χ4v) is 13.2. The van der Waals surface area contributed by atoms with Gasteiger partial charge in [0.25, 0.3) is 0 Å². The summed E-state index contributed by atoms with van der Waals surface area (Å²) in [5.41, 5.74) is 11.0. The summed E-state index contributed by atoms with van der Waals surface area (Å²) in [4.78, 5) is 31.1. The topological polar surface area (TPSA) is 172 Å². The van der Waals surface area contributed by atoms with Crippen molar-refractivity contribution in [2.24, 2.45) is 0 Å². The van der Waals surface area contributed by atoms with E-state index in [-0.39, 0.29) is 18.6 Å². The molecule has 16 heteroatoms. The Morgan fingerprint density at radius 3 is 1.83 bits per heavy atom. The molecular formula is C38H54N8O6S2. The third-order valence-corrected chi connectivity index (χ3v) is 15.1. The van der Waals surface area contributed by atoms with Crippen LogP contribution in [0.2, 0.25) is 0 Å². The summed E-state index contributed by atoms with van der Waals surface area (Å²) in [6.45, 7) is 5.54. The van der Waals surface area contributed by atoms with Crippen molar-refractivity contribution in [2.75, 3.05) is 50.9 Å². The predicted octanol–water partition coefficient (Wildman–Crippen LogP) is 3.44. The highest BCUT2D eigenvalue weighted by Crippen LogP contribution is 2.50. The van der Waals surface area contributed by atoms with E-state index in [1.165, 1.54) is 21.0 Å². The highest BCUT2D eigenvalue weighted by atomic mass is 32.2. The minimum atomic E-state index is -4.18. The molecule has 4 aliphatic carbocycles. The van der Waals surface area contributed by atoms with Gasteiger partial charge in [0, 0.05) is 49.1 Å². The average Bonchev–Trinajstić information content (AvgIpc) is 3.90. The number of piperazine rings is 1. The van der Waals surface area contributed by atoms with Crippen molar-refractivity contribution in [3.63, 3.8) is 0 Å². The molecule has 2 aliphatic heterocycles. The molecule has 294 valence electrons. The number of hydrogen-bond donors (Lipinski definition) is 5. The molecule has 2 fully saturated rings. The maximum Gasteiger partial charge on any atom is 0.333 e. The van der Waals surface area contributed by atoms with Gasteiger partial charge in [0.1, 0.15) is 0 Å². The lowest BCUT2D eigenvalue weighted by atomic mass is 9.85. The Labute approximate surface area is 319 Å². The van der Waals surface area contributed by atoms with Crippen LogP contribution in [0.4, 0.5) is 21.0 Å². The molecule has 54 heavy (non-hydrogen) atoms. The third kappa shape index (κ3) is 7.02. The minimum absolute atomic E-state index is 0.177. The molecule has 5 N–H and O–H groups in total. The Balaban J connectivity index is 1.04. The monoisotopic (exact) mass is 782 g/mol. The van der Waals surface area contributed by atoms with Gasteiger partial charge >= 0.3 is 32.5 Å². The molecule has 2 aromatic rings. The Morgan fingerprint density at radius 1 is 0.722 bits per heavy atom. The van der Waals surface area contributed by atoms with Gasteiger partial charge < -0.3 is 15.5 Å². The summed E-state index contributed by atoms with van der Waals surface area (Å²) in [6, 6.07) is 0.228. The average molecular weight is 783 g/mol. The van der Waals surface area contributed by atoms with E-state index >= 15 is 0 Å². The van der Waals surface area contributed by atoms with E-state index in [2.05, 4.69) is 35.8 Å². The molecule has 2 aromatic carbocycles. The summed E-state index contributed by atoms with van der Waals surface area (Å²) in [5, 5.41) is 5.94. The van der Waals surface area contributed by atoms with Gasteiger partial charge in [-0.05, 0) is 161 Å². The van der Waals surface area contributed by atoms with Crippen molar-refractivity contribution in [1.29, 1.82) is 0 Å². The number of carbonyl (C=O) groups is 2. The number of likely N-dealkylation sites (N-methyl/N-ethyl adjacent to an activating group) is 1. The number of nitrogens with one attached hydrogen (secondary N) is 5. The van der Waals surface area contributed by atoms with Crippen LogP contribution in [-0.2, 0) is 71.8 Å². The first kappa shape index (κ1) is 37.6. The van der Waals surface area contributed by atoms with Crippen LogP contribution in [0.5, 0.6) is 0 Å². The number of fused-ring (bicyclic) bond motifs is 6. The summed E-state index contributed by atoms with van der Waals surface area (Å²) in [6.07, 6.45) is 11.3. The van der Waals surface area contributed by atoms with Crippen LogP contribution in [0.25, 0.3) is 0 Å². The Bertz CT molecular complexity index is 2050. The van der Waals surface area contributed by atoms with E-state index in [1.807, 2.05) is 19.0 Å². The zero-order valence-corrected chi connectivity index (χ0v) is 33.5. The second kappa shape index (κ2) is 14.0. The van der Waals surface area contributed by atoms with Crippen molar-refractivity contribution in [3.05, 3.63) is 56.1 Å². The van der Waals surface area contributed by atoms with Crippen LogP contribution in [0.3, 0.4) is 0 Å². The SMILES string of the molecule is CN(C)CC(C)(C)NS(=O)(=O)NC(=O)Nc1c2c(c(C3C4CCN3CCN4S(=O)(=O)NC(=O)Nc3c4c(cc5c3CCC5)CCC4)c3c1CCC3)CCC2. The molecule has 2 saturated heterocycles. The molecule has 0 saturated carbocycles. The number of rotatable bonds is 10. The molecule has 2 heterocycles. The standard InChI is InChI=1S/C38H54N8O6S2/c1-38(2,22-44(3)4)43-53(49,50)41-36(47)40-34-29-15-7-13-27(29)32(28-14-8-16-30(28)34)35-31-17-18-45(35)19-20-46(31)54(51,52)42-37(48)39-33-25-11-5-9-23(25)21-24-10-6-12-26(24)33/h21,31,35,43H,5-20,22H2,1-4H3,(H2,39,42,48)(H2,40,41,47). The van der Waals surface area contributed by atoms with Crippen molar-refractivity contribution < 1.29 is 26.4 Å². The first-order chi connectivity index (χ1) is 25.6. The van der Waals surface area contributed by atoms with Gasteiger partial charge in [0.15, 0.2) is 0 Å². The first-order valence-corrected chi connectivity index (χ1v) is 22.5. The summed E-state index contributed by atoms with van der Waals surface area (Å²) < 4.78 is 63.0. The van der Waals surface area contributed by atoms with Gasteiger partial charge in [-0.2, -0.15) is 25.9 Å². The quantitative estimate of drug-likeness (QED) is 0.244. The molecule has 8 rings (SSSR count).